The van der Waals surface area contributed by atoms with Gasteiger partial charge in [0.15, 0.2) is 0 Å². The van der Waals surface area contributed by atoms with Crippen LogP contribution in [-0.4, -0.2) is 39.6 Å². The average molecular weight is 341 g/mol. The number of rotatable bonds is 4. The third-order valence-electron chi connectivity index (χ3n) is 4.53. The number of aromatic nitrogens is 2. The molecule has 1 aromatic heterocycles. The van der Waals surface area contributed by atoms with Crippen molar-refractivity contribution in [2.75, 3.05) is 13.1 Å². The maximum Gasteiger partial charge on any atom is 0.348 e. The predicted octanol–water partition coefficient (Wildman–Crippen LogP) is 1.77. The summed E-state index contributed by atoms with van der Waals surface area (Å²) in [5, 5.41) is 0. The maximum atomic E-state index is 12.4. The maximum absolute atomic E-state index is 12.4. The van der Waals surface area contributed by atoms with E-state index in [9.17, 15) is 9.59 Å². The molecule has 1 aliphatic heterocycles. The average Bonchev–Trinajstić information content (AvgIpc) is 2.48. The second-order valence-electron chi connectivity index (χ2n) is 6.67. The lowest BCUT2D eigenvalue weighted by Crippen LogP contribution is -2.57. The number of carbonyl (C=O) groups excluding carboxylic acids is 1. The molecule has 1 saturated heterocycles. The quantitative estimate of drug-likeness (QED) is 0.850. The minimum Gasteiger partial charge on any atom is -0.486 e. The van der Waals surface area contributed by atoms with Crippen LogP contribution in [0.2, 0.25) is 0 Å². The topological polar surface area (TPSA) is 64.4 Å². The Hall–Kier alpha value is -2.63. The number of hydrogen-bond donors (Lipinski definition) is 0. The molecule has 6 heteroatoms. The van der Waals surface area contributed by atoms with Crippen LogP contribution in [0.15, 0.2) is 29.1 Å². The zero-order valence-electron chi connectivity index (χ0n) is 15.1. The number of hydrogen-bond acceptors (Lipinski definition) is 4. The van der Waals surface area contributed by atoms with Crippen LogP contribution in [0.1, 0.15) is 22.5 Å². The summed E-state index contributed by atoms with van der Waals surface area (Å²) in [6.45, 7) is 8.72. The van der Waals surface area contributed by atoms with Crippen LogP contribution in [0.4, 0.5) is 0 Å². The van der Waals surface area contributed by atoms with E-state index in [-0.39, 0.29) is 24.2 Å². The molecule has 0 radical (unpaired) electrons. The second-order valence-corrected chi connectivity index (χ2v) is 6.67. The molecule has 1 amide bonds. The fraction of sp³-hybridized carbons (Fsp3) is 0.421. The van der Waals surface area contributed by atoms with Crippen LogP contribution < -0.4 is 10.4 Å². The van der Waals surface area contributed by atoms with Gasteiger partial charge in [0.25, 0.3) is 0 Å². The van der Waals surface area contributed by atoms with Crippen LogP contribution in [-0.2, 0) is 11.3 Å². The van der Waals surface area contributed by atoms with Gasteiger partial charge < -0.3 is 9.64 Å². The molecule has 1 aliphatic rings. The van der Waals surface area contributed by atoms with Crippen molar-refractivity contribution < 1.29 is 9.53 Å². The summed E-state index contributed by atoms with van der Waals surface area (Å²) >= 11 is 0. The minimum atomic E-state index is -0.380. The Balaban J connectivity index is 1.60. The van der Waals surface area contributed by atoms with E-state index in [2.05, 4.69) is 4.98 Å². The normalized spacial score (nSPS) is 14.3. The van der Waals surface area contributed by atoms with Gasteiger partial charge in [-0.15, -0.1) is 0 Å². The van der Waals surface area contributed by atoms with Gasteiger partial charge in [0.2, 0.25) is 5.91 Å². The Labute approximate surface area is 147 Å². The van der Waals surface area contributed by atoms with Gasteiger partial charge in [-0.05, 0) is 44.9 Å². The van der Waals surface area contributed by atoms with Crippen molar-refractivity contribution in [3.8, 4) is 5.75 Å². The minimum absolute atomic E-state index is 0.00212. The zero-order chi connectivity index (χ0) is 18.1. The second kappa shape index (κ2) is 6.70. The number of nitrogens with zero attached hydrogens (tertiary/aromatic N) is 3. The number of para-hydroxylation sites is 1. The van der Waals surface area contributed by atoms with E-state index in [1.165, 1.54) is 4.57 Å². The van der Waals surface area contributed by atoms with Crippen molar-refractivity contribution >= 4 is 5.91 Å². The van der Waals surface area contributed by atoms with Gasteiger partial charge in [0.1, 0.15) is 18.4 Å². The van der Waals surface area contributed by atoms with Crippen molar-refractivity contribution in [2.45, 2.75) is 40.3 Å². The Morgan fingerprint density at radius 3 is 2.44 bits per heavy atom. The lowest BCUT2D eigenvalue weighted by molar-refractivity contribution is -0.140. The van der Waals surface area contributed by atoms with Crippen LogP contribution in [0.25, 0.3) is 0 Å². The highest BCUT2D eigenvalue weighted by atomic mass is 16.5. The summed E-state index contributed by atoms with van der Waals surface area (Å²) in [7, 11) is 0. The van der Waals surface area contributed by atoms with Gasteiger partial charge in [0.05, 0.1) is 13.1 Å². The summed E-state index contributed by atoms with van der Waals surface area (Å²) in [4.78, 5) is 30.0. The third kappa shape index (κ3) is 3.57. The van der Waals surface area contributed by atoms with Gasteiger partial charge in [0, 0.05) is 11.4 Å². The summed E-state index contributed by atoms with van der Waals surface area (Å²) in [5.41, 5.74) is 3.22. The van der Waals surface area contributed by atoms with Gasteiger partial charge in [-0.3, -0.25) is 9.36 Å². The monoisotopic (exact) mass is 341 g/mol. The first-order valence-corrected chi connectivity index (χ1v) is 8.41. The van der Waals surface area contributed by atoms with Crippen molar-refractivity contribution in [1.29, 1.82) is 0 Å². The van der Waals surface area contributed by atoms with Crippen LogP contribution in [0, 0.1) is 27.7 Å². The van der Waals surface area contributed by atoms with Crippen LogP contribution >= 0.6 is 0 Å². The number of carbonyl (C=O) groups is 1. The van der Waals surface area contributed by atoms with Crippen molar-refractivity contribution in [2.24, 2.45) is 0 Å². The third-order valence-corrected chi connectivity index (χ3v) is 4.53. The smallest absolute Gasteiger partial charge is 0.348 e. The summed E-state index contributed by atoms with van der Waals surface area (Å²) in [6, 6.07) is 7.84. The number of benzene rings is 1. The molecule has 0 saturated carbocycles. The molecule has 0 N–H and O–H groups in total. The molecule has 6 nitrogen and oxygen atoms in total. The molecule has 0 spiro atoms. The summed E-state index contributed by atoms with van der Waals surface area (Å²) < 4.78 is 7.44. The molecule has 0 bridgehead atoms. The first-order valence-electron chi connectivity index (χ1n) is 8.41. The molecular weight excluding hydrogens is 318 g/mol. The highest BCUT2D eigenvalue weighted by molar-refractivity contribution is 5.77. The highest BCUT2D eigenvalue weighted by Crippen LogP contribution is 2.26. The van der Waals surface area contributed by atoms with Crippen molar-refractivity contribution in [3.63, 3.8) is 0 Å². The zero-order valence-corrected chi connectivity index (χ0v) is 15.1. The molecule has 2 heterocycles. The van der Waals surface area contributed by atoms with Crippen LogP contribution in [0.3, 0.4) is 0 Å². The van der Waals surface area contributed by atoms with E-state index in [1.807, 2.05) is 39.0 Å². The van der Waals surface area contributed by atoms with E-state index in [4.69, 9.17) is 4.74 Å². The Kier molecular flexibility index (Phi) is 4.61. The number of amides is 1. The molecule has 25 heavy (non-hydrogen) atoms. The standard InChI is InChI=1S/C19H23N3O3/c1-12-6-5-7-13(2)18(12)25-16-9-21(10-16)17(23)11-22-15(4)8-14(3)20-19(22)24/h5-8,16H,9-11H2,1-4H3. The summed E-state index contributed by atoms with van der Waals surface area (Å²) in [6.07, 6.45) is -0.00212. The number of aryl methyl sites for hydroxylation is 4. The van der Waals surface area contributed by atoms with Crippen LogP contribution in [0.5, 0.6) is 5.75 Å². The Bertz CT molecular complexity index is 846. The summed E-state index contributed by atoms with van der Waals surface area (Å²) in [5.74, 6) is 0.812. The fourth-order valence-corrected chi connectivity index (χ4v) is 3.07. The van der Waals surface area contributed by atoms with E-state index in [1.54, 1.807) is 17.9 Å². The van der Waals surface area contributed by atoms with Crippen molar-refractivity contribution in [3.05, 3.63) is 57.3 Å². The molecule has 2 aromatic rings. The highest BCUT2D eigenvalue weighted by Gasteiger charge is 2.33. The van der Waals surface area contributed by atoms with Gasteiger partial charge in [-0.2, -0.15) is 4.98 Å². The Morgan fingerprint density at radius 1 is 1.20 bits per heavy atom. The molecule has 132 valence electrons. The van der Waals surface area contributed by atoms with Crippen molar-refractivity contribution in [1.82, 2.24) is 14.5 Å². The first-order chi connectivity index (χ1) is 11.8. The molecular formula is C19H23N3O3. The fourth-order valence-electron chi connectivity index (χ4n) is 3.07. The van der Waals surface area contributed by atoms with E-state index in [0.717, 1.165) is 22.6 Å². The number of likely N-dealkylation sites (tertiary alicyclic amines) is 1. The lowest BCUT2D eigenvalue weighted by atomic mass is 10.1. The molecule has 0 atom stereocenters. The van der Waals surface area contributed by atoms with E-state index in [0.29, 0.717) is 18.8 Å². The molecule has 3 rings (SSSR count). The van der Waals surface area contributed by atoms with Gasteiger partial charge in [-0.25, -0.2) is 4.79 Å². The van der Waals surface area contributed by atoms with E-state index < -0.39 is 0 Å². The number of ether oxygens (including phenoxy) is 1. The lowest BCUT2D eigenvalue weighted by Gasteiger charge is -2.39. The SMILES string of the molecule is Cc1cc(C)n(CC(=O)N2CC(Oc3c(C)cccc3C)C2)c(=O)n1. The molecule has 1 aromatic carbocycles. The first kappa shape index (κ1) is 17.2. The molecule has 0 aliphatic carbocycles. The Morgan fingerprint density at radius 2 is 1.84 bits per heavy atom. The van der Waals surface area contributed by atoms with E-state index >= 15 is 0 Å². The van der Waals surface area contributed by atoms with Gasteiger partial charge in [-0.1, -0.05) is 18.2 Å². The van der Waals surface area contributed by atoms with Gasteiger partial charge >= 0.3 is 5.69 Å². The molecule has 0 unspecified atom stereocenters. The molecule has 1 fully saturated rings. The largest absolute Gasteiger partial charge is 0.486 e. The predicted molar refractivity (Wildman–Crippen MR) is 94.9 cm³/mol.